The van der Waals surface area contributed by atoms with Crippen LogP contribution in [0.3, 0.4) is 0 Å². The van der Waals surface area contributed by atoms with Crippen molar-refractivity contribution in [1.29, 1.82) is 0 Å². The molecule has 19 heavy (non-hydrogen) atoms. The lowest BCUT2D eigenvalue weighted by Crippen LogP contribution is -2.19. The van der Waals surface area contributed by atoms with Crippen LogP contribution in [0.4, 0.5) is 26.3 Å². The summed E-state index contributed by atoms with van der Waals surface area (Å²) in [6.45, 7) is -1.81. The van der Waals surface area contributed by atoms with Gasteiger partial charge in [-0.25, -0.2) is 4.79 Å². The summed E-state index contributed by atoms with van der Waals surface area (Å²) in [5.41, 5.74) is -2.21. The molecule has 0 saturated heterocycles. The summed E-state index contributed by atoms with van der Waals surface area (Å²) in [6.07, 6.45) is -9.63. The lowest BCUT2D eigenvalue weighted by Gasteiger charge is -2.13. The number of carboxylic acids is 1. The Balaban J connectivity index is 3.11. The van der Waals surface area contributed by atoms with E-state index in [1.54, 1.807) is 0 Å². The summed E-state index contributed by atoms with van der Waals surface area (Å²) in [7, 11) is 0. The Morgan fingerprint density at radius 3 is 2.11 bits per heavy atom. The van der Waals surface area contributed by atoms with Crippen LogP contribution in [0.25, 0.3) is 0 Å². The highest BCUT2D eigenvalue weighted by Gasteiger charge is 2.33. The highest BCUT2D eigenvalue weighted by atomic mass is 19.4. The number of carbonyl (C=O) groups is 1. The average molecular weight is 288 g/mol. The van der Waals surface area contributed by atoms with E-state index in [-0.39, 0.29) is 0 Å². The number of benzene rings is 1. The minimum absolute atomic E-state index is 0.304. The zero-order valence-corrected chi connectivity index (χ0v) is 8.97. The molecule has 9 heteroatoms. The van der Waals surface area contributed by atoms with Crippen LogP contribution in [0.5, 0.6) is 5.75 Å². The second-order valence-corrected chi connectivity index (χ2v) is 3.45. The van der Waals surface area contributed by atoms with Crippen molar-refractivity contribution in [1.82, 2.24) is 0 Å². The summed E-state index contributed by atoms with van der Waals surface area (Å²) in [5, 5.41) is 8.58. The lowest BCUT2D eigenvalue weighted by molar-refractivity contribution is -0.153. The Morgan fingerprint density at radius 1 is 1.11 bits per heavy atom. The van der Waals surface area contributed by atoms with Crippen molar-refractivity contribution in [3.05, 3.63) is 29.3 Å². The fourth-order valence-corrected chi connectivity index (χ4v) is 1.13. The van der Waals surface area contributed by atoms with E-state index in [0.29, 0.717) is 18.2 Å². The smallest absolute Gasteiger partial charge is 0.422 e. The molecule has 0 amide bonds. The van der Waals surface area contributed by atoms with E-state index in [0.717, 1.165) is 0 Å². The Hall–Kier alpha value is -1.93. The maximum absolute atomic E-state index is 12.4. The van der Waals surface area contributed by atoms with Crippen molar-refractivity contribution in [3.8, 4) is 5.75 Å². The van der Waals surface area contributed by atoms with Gasteiger partial charge in [0.1, 0.15) is 5.75 Å². The summed E-state index contributed by atoms with van der Waals surface area (Å²) in [4.78, 5) is 10.6. The monoisotopic (exact) mass is 288 g/mol. The molecule has 0 heterocycles. The largest absolute Gasteiger partial charge is 0.484 e. The molecule has 0 radical (unpaired) electrons. The SMILES string of the molecule is O=C(O)c1cc(OCC(F)(F)F)cc(C(F)(F)F)c1. The van der Waals surface area contributed by atoms with E-state index in [4.69, 9.17) is 5.11 Å². The van der Waals surface area contributed by atoms with Gasteiger partial charge in [0.15, 0.2) is 6.61 Å². The predicted molar refractivity (Wildman–Crippen MR) is 50.0 cm³/mol. The first-order chi connectivity index (χ1) is 8.49. The molecule has 1 rings (SSSR count). The highest BCUT2D eigenvalue weighted by molar-refractivity contribution is 5.88. The number of aromatic carboxylic acids is 1. The molecule has 0 aromatic heterocycles. The fraction of sp³-hybridized carbons (Fsp3) is 0.300. The van der Waals surface area contributed by atoms with Gasteiger partial charge in [0.25, 0.3) is 0 Å². The van der Waals surface area contributed by atoms with Gasteiger partial charge in [-0.15, -0.1) is 0 Å². The number of halogens is 6. The van der Waals surface area contributed by atoms with Gasteiger partial charge in [-0.1, -0.05) is 0 Å². The second kappa shape index (κ2) is 4.98. The predicted octanol–water partition coefficient (Wildman–Crippen LogP) is 3.34. The van der Waals surface area contributed by atoms with Crippen LogP contribution >= 0.6 is 0 Å². The first kappa shape index (κ1) is 15.1. The number of alkyl halides is 6. The van der Waals surface area contributed by atoms with E-state index in [1.165, 1.54) is 0 Å². The summed E-state index contributed by atoms with van der Waals surface area (Å²) < 4.78 is 77.0. The van der Waals surface area contributed by atoms with Crippen LogP contribution in [0.1, 0.15) is 15.9 Å². The van der Waals surface area contributed by atoms with E-state index < -0.39 is 41.8 Å². The van der Waals surface area contributed by atoms with Crippen LogP contribution < -0.4 is 4.74 Å². The maximum Gasteiger partial charge on any atom is 0.422 e. The molecule has 1 aromatic rings. The number of hydrogen-bond acceptors (Lipinski definition) is 2. The standard InChI is InChI=1S/C10H6F6O3/c11-9(12,13)4-19-7-2-5(8(17)18)1-6(3-7)10(14,15)16/h1-3H,4H2,(H,17,18). The molecule has 1 aromatic carbocycles. The molecule has 0 aliphatic heterocycles. The average Bonchev–Trinajstić information content (AvgIpc) is 2.23. The van der Waals surface area contributed by atoms with Gasteiger partial charge in [-0.05, 0) is 18.2 Å². The fourth-order valence-electron chi connectivity index (χ4n) is 1.13. The van der Waals surface area contributed by atoms with Gasteiger partial charge in [-0.3, -0.25) is 0 Å². The van der Waals surface area contributed by atoms with Crippen molar-refractivity contribution >= 4 is 5.97 Å². The van der Waals surface area contributed by atoms with Gasteiger partial charge in [0, 0.05) is 0 Å². The number of rotatable bonds is 3. The molecule has 3 nitrogen and oxygen atoms in total. The molecular formula is C10H6F6O3. The number of carboxylic acid groups (broad SMARTS) is 1. The second-order valence-electron chi connectivity index (χ2n) is 3.45. The molecule has 0 fully saturated rings. The summed E-state index contributed by atoms with van der Waals surface area (Å²) >= 11 is 0. The molecular weight excluding hydrogens is 282 g/mol. The Labute approximate surface area is 102 Å². The third-order valence-electron chi connectivity index (χ3n) is 1.88. The molecule has 0 spiro atoms. The quantitative estimate of drug-likeness (QED) is 0.868. The van der Waals surface area contributed by atoms with E-state index in [1.807, 2.05) is 0 Å². The minimum Gasteiger partial charge on any atom is -0.484 e. The Bertz CT molecular complexity index is 477. The molecule has 1 N–H and O–H groups in total. The molecule has 0 aliphatic rings. The molecule has 0 atom stereocenters. The van der Waals surface area contributed by atoms with Crippen molar-refractivity contribution in [2.75, 3.05) is 6.61 Å². The van der Waals surface area contributed by atoms with Crippen LogP contribution in [0, 0.1) is 0 Å². The number of ether oxygens (including phenoxy) is 1. The lowest BCUT2D eigenvalue weighted by atomic mass is 10.1. The molecule has 0 bridgehead atoms. The van der Waals surface area contributed by atoms with Crippen molar-refractivity contribution < 1.29 is 41.0 Å². The normalized spacial score (nSPS) is 12.3. The van der Waals surface area contributed by atoms with Crippen LogP contribution in [0.2, 0.25) is 0 Å². The van der Waals surface area contributed by atoms with Gasteiger partial charge >= 0.3 is 18.3 Å². The zero-order chi connectivity index (χ0) is 14.8. The van der Waals surface area contributed by atoms with Crippen molar-refractivity contribution in [2.24, 2.45) is 0 Å². The Kier molecular flexibility index (Phi) is 3.97. The van der Waals surface area contributed by atoms with Gasteiger partial charge in [-0.2, -0.15) is 26.3 Å². The van der Waals surface area contributed by atoms with E-state index in [2.05, 4.69) is 4.74 Å². The molecule has 106 valence electrons. The molecule has 0 aliphatic carbocycles. The van der Waals surface area contributed by atoms with E-state index in [9.17, 15) is 31.1 Å². The van der Waals surface area contributed by atoms with Crippen LogP contribution in [-0.2, 0) is 6.18 Å². The van der Waals surface area contributed by atoms with Crippen LogP contribution in [0.15, 0.2) is 18.2 Å². The summed E-state index contributed by atoms with van der Waals surface area (Å²) in [5.74, 6) is -2.52. The Morgan fingerprint density at radius 2 is 1.68 bits per heavy atom. The van der Waals surface area contributed by atoms with E-state index >= 15 is 0 Å². The van der Waals surface area contributed by atoms with Crippen molar-refractivity contribution in [2.45, 2.75) is 12.4 Å². The van der Waals surface area contributed by atoms with Crippen molar-refractivity contribution in [3.63, 3.8) is 0 Å². The highest BCUT2D eigenvalue weighted by Crippen LogP contribution is 2.33. The number of hydrogen-bond donors (Lipinski definition) is 1. The third kappa shape index (κ3) is 4.68. The first-order valence-electron chi connectivity index (χ1n) is 4.64. The summed E-state index contributed by atoms with van der Waals surface area (Å²) in [6, 6.07) is 1.20. The van der Waals surface area contributed by atoms with Crippen LogP contribution in [-0.4, -0.2) is 23.9 Å². The zero-order valence-electron chi connectivity index (χ0n) is 8.97. The maximum atomic E-state index is 12.4. The third-order valence-corrected chi connectivity index (χ3v) is 1.88. The van der Waals surface area contributed by atoms with Gasteiger partial charge < -0.3 is 9.84 Å². The minimum atomic E-state index is -4.89. The van der Waals surface area contributed by atoms with Gasteiger partial charge in [0.2, 0.25) is 0 Å². The molecule has 0 saturated carbocycles. The topological polar surface area (TPSA) is 46.5 Å². The van der Waals surface area contributed by atoms with Gasteiger partial charge in [0.05, 0.1) is 11.1 Å². The first-order valence-corrected chi connectivity index (χ1v) is 4.64. The molecule has 0 unspecified atom stereocenters.